The normalized spacial score (nSPS) is 16.5. The van der Waals surface area contributed by atoms with Crippen LogP contribution in [0.15, 0.2) is 66.7 Å². The molecule has 1 fully saturated rings. The standard InChI is InChI=1S/C28H34N2O2/c1-4-27(32-26-14-11-23-7-5-6-8-24(23)19-26)28(31)29-21(3)22-9-12-25(13-10-22)30-17-15-20(2)16-18-30/h5-14,19-21,27H,4,15-18H2,1-3H3,(H,29,31)/t21-,27+/m0/s1. The molecule has 0 unspecified atom stereocenters. The van der Waals surface area contributed by atoms with Gasteiger partial charge < -0.3 is 15.0 Å². The van der Waals surface area contributed by atoms with Crippen LogP contribution in [-0.2, 0) is 4.79 Å². The van der Waals surface area contributed by atoms with Gasteiger partial charge in [-0.1, -0.05) is 56.3 Å². The highest BCUT2D eigenvalue weighted by atomic mass is 16.5. The summed E-state index contributed by atoms with van der Waals surface area (Å²) in [6.07, 6.45) is 2.60. The summed E-state index contributed by atoms with van der Waals surface area (Å²) in [6, 6.07) is 22.6. The summed E-state index contributed by atoms with van der Waals surface area (Å²) in [5, 5.41) is 5.40. The highest BCUT2D eigenvalue weighted by Gasteiger charge is 2.21. The number of nitrogens with one attached hydrogen (secondary N) is 1. The number of ether oxygens (including phenoxy) is 1. The van der Waals surface area contributed by atoms with E-state index in [1.807, 2.05) is 44.2 Å². The number of carbonyl (C=O) groups is 1. The molecule has 1 heterocycles. The molecule has 3 aromatic carbocycles. The third kappa shape index (κ3) is 5.24. The van der Waals surface area contributed by atoms with Crippen LogP contribution < -0.4 is 15.0 Å². The van der Waals surface area contributed by atoms with Crippen molar-refractivity contribution in [2.75, 3.05) is 18.0 Å². The molecule has 0 aliphatic carbocycles. The first-order valence-electron chi connectivity index (χ1n) is 11.8. The fourth-order valence-corrected chi connectivity index (χ4v) is 4.36. The number of amides is 1. The van der Waals surface area contributed by atoms with E-state index in [0.29, 0.717) is 6.42 Å². The van der Waals surface area contributed by atoms with Crippen molar-refractivity contribution in [1.29, 1.82) is 0 Å². The average Bonchev–Trinajstić information content (AvgIpc) is 2.83. The Morgan fingerprint density at radius 2 is 1.72 bits per heavy atom. The topological polar surface area (TPSA) is 41.6 Å². The van der Waals surface area contributed by atoms with Crippen LogP contribution in [-0.4, -0.2) is 25.1 Å². The Balaban J connectivity index is 1.36. The van der Waals surface area contributed by atoms with E-state index < -0.39 is 6.10 Å². The minimum atomic E-state index is -0.520. The molecule has 1 saturated heterocycles. The number of hydrogen-bond acceptors (Lipinski definition) is 3. The molecule has 168 valence electrons. The Bertz CT molecular complexity index is 1040. The van der Waals surface area contributed by atoms with Gasteiger partial charge in [-0.25, -0.2) is 0 Å². The molecule has 1 N–H and O–H groups in total. The first kappa shape index (κ1) is 22.2. The number of rotatable bonds is 7. The minimum Gasteiger partial charge on any atom is -0.481 e. The largest absolute Gasteiger partial charge is 0.481 e. The SMILES string of the molecule is CC[C@@H](Oc1ccc2ccccc2c1)C(=O)N[C@@H](C)c1ccc(N2CCC(C)CC2)cc1. The van der Waals surface area contributed by atoms with Gasteiger partial charge in [-0.15, -0.1) is 0 Å². The van der Waals surface area contributed by atoms with Gasteiger partial charge in [0.1, 0.15) is 5.75 Å². The fraction of sp³-hybridized carbons (Fsp3) is 0.393. The van der Waals surface area contributed by atoms with E-state index in [1.165, 1.54) is 18.5 Å². The van der Waals surface area contributed by atoms with Gasteiger partial charge in [0, 0.05) is 18.8 Å². The van der Waals surface area contributed by atoms with Gasteiger partial charge in [0.25, 0.3) is 5.91 Å². The third-order valence-corrected chi connectivity index (χ3v) is 6.56. The smallest absolute Gasteiger partial charge is 0.261 e. The molecule has 1 aliphatic rings. The summed E-state index contributed by atoms with van der Waals surface area (Å²) in [5.41, 5.74) is 2.37. The third-order valence-electron chi connectivity index (χ3n) is 6.56. The highest BCUT2D eigenvalue weighted by molar-refractivity contribution is 5.84. The van der Waals surface area contributed by atoms with Crippen LogP contribution in [0.2, 0.25) is 0 Å². The summed E-state index contributed by atoms with van der Waals surface area (Å²) in [7, 11) is 0. The lowest BCUT2D eigenvalue weighted by Gasteiger charge is -2.32. The second-order valence-corrected chi connectivity index (χ2v) is 9.02. The van der Waals surface area contributed by atoms with Crippen molar-refractivity contribution in [3.8, 4) is 5.75 Å². The van der Waals surface area contributed by atoms with Gasteiger partial charge in [-0.05, 0) is 72.7 Å². The molecule has 0 spiro atoms. The van der Waals surface area contributed by atoms with Gasteiger partial charge in [0.2, 0.25) is 0 Å². The van der Waals surface area contributed by atoms with Crippen LogP contribution in [0.4, 0.5) is 5.69 Å². The molecule has 0 aromatic heterocycles. The van der Waals surface area contributed by atoms with E-state index in [-0.39, 0.29) is 11.9 Å². The van der Waals surface area contributed by atoms with E-state index in [2.05, 4.69) is 53.5 Å². The Labute approximate surface area is 191 Å². The van der Waals surface area contributed by atoms with E-state index in [0.717, 1.165) is 41.1 Å². The van der Waals surface area contributed by atoms with Gasteiger partial charge in [-0.2, -0.15) is 0 Å². The maximum atomic E-state index is 12.9. The van der Waals surface area contributed by atoms with Crippen molar-refractivity contribution in [1.82, 2.24) is 5.32 Å². The van der Waals surface area contributed by atoms with E-state index in [4.69, 9.17) is 4.74 Å². The van der Waals surface area contributed by atoms with Gasteiger partial charge >= 0.3 is 0 Å². The van der Waals surface area contributed by atoms with Crippen LogP contribution in [0, 0.1) is 5.92 Å². The van der Waals surface area contributed by atoms with Crippen LogP contribution >= 0.6 is 0 Å². The van der Waals surface area contributed by atoms with Crippen molar-refractivity contribution in [3.63, 3.8) is 0 Å². The predicted octanol–water partition coefficient (Wildman–Crippen LogP) is 6.11. The van der Waals surface area contributed by atoms with Crippen molar-refractivity contribution >= 4 is 22.4 Å². The van der Waals surface area contributed by atoms with Crippen molar-refractivity contribution < 1.29 is 9.53 Å². The number of benzene rings is 3. The molecule has 2 atom stereocenters. The van der Waals surface area contributed by atoms with Crippen molar-refractivity contribution in [2.24, 2.45) is 5.92 Å². The molecule has 0 bridgehead atoms. The van der Waals surface area contributed by atoms with Crippen LogP contribution in [0.3, 0.4) is 0 Å². The number of carbonyl (C=O) groups excluding carboxylic acids is 1. The molecule has 1 amide bonds. The van der Waals surface area contributed by atoms with Gasteiger partial charge in [0.15, 0.2) is 6.10 Å². The summed E-state index contributed by atoms with van der Waals surface area (Å²) in [6.45, 7) is 8.58. The zero-order valence-corrected chi connectivity index (χ0v) is 19.4. The summed E-state index contributed by atoms with van der Waals surface area (Å²) >= 11 is 0. The van der Waals surface area contributed by atoms with Crippen LogP contribution in [0.25, 0.3) is 10.8 Å². The predicted molar refractivity (Wildman–Crippen MR) is 132 cm³/mol. The fourth-order valence-electron chi connectivity index (χ4n) is 4.36. The molecule has 0 radical (unpaired) electrons. The molecule has 4 rings (SSSR count). The number of anilines is 1. The molecule has 3 aromatic rings. The summed E-state index contributed by atoms with van der Waals surface area (Å²) < 4.78 is 6.06. The molecule has 4 nitrogen and oxygen atoms in total. The average molecular weight is 431 g/mol. The maximum Gasteiger partial charge on any atom is 0.261 e. The maximum absolute atomic E-state index is 12.9. The van der Waals surface area contributed by atoms with Crippen molar-refractivity contribution in [3.05, 3.63) is 72.3 Å². The Hall–Kier alpha value is -3.01. The van der Waals surface area contributed by atoms with E-state index in [1.54, 1.807) is 0 Å². The monoisotopic (exact) mass is 430 g/mol. The number of piperidine rings is 1. The number of fused-ring (bicyclic) bond motifs is 1. The lowest BCUT2D eigenvalue weighted by atomic mass is 9.98. The number of hydrogen-bond donors (Lipinski definition) is 1. The van der Waals surface area contributed by atoms with E-state index >= 15 is 0 Å². The summed E-state index contributed by atoms with van der Waals surface area (Å²) in [5.74, 6) is 1.46. The second-order valence-electron chi connectivity index (χ2n) is 9.02. The molecule has 32 heavy (non-hydrogen) atoms. The molecule has 4 heteroatoms. The Morgan fingerprint density at radius 1 is 1.03 bits per heavy atom. The minimum absolute atomic E-state index is 0.0767. The highest BCUT2D eigenvalue weighted by Crippen LogP contribution is 2.25. The second kappa shape index (κ2) is 10.1. The van der Waals surface area contributed by atoms with Gasteiger partial charge in [0.05, 0.1) is 6.04 Å². The first-order chi connectivity index (χ1) is 15.5. The lowest BCUT2D eigenvalue weighted by Crippen LogP contribution is -2.39. The van der Waals surface area contributed by atoms with Crippen LogP contribution in [0.5, 0.6) is 5.75 Å². The van der Waals surface area contributed by atoms with Gasteiger partial charge in [-0.3, -0.25) is 4.79 Å². The van der Waals surface area contributed by atoms with Crippen molar-refractivity contribution in [2.45, 2.75) is 52.2 Å². The van der Waals surface area contributed by atoms with Crippen LogP contribution in [0.1, 0.15) is 51.6 Å². The zero-order valence-electron chi connectivity index (χ0n) is 19.4. The molecule has 1 aliphatic heterocycles. The molecular weight excluding hydrogens is 396 g/mol. The first-order valence-corrected chi connectivity index (χ1v) is 11.8. The molecule has 0 saturated carbocycles. The Morgan fingerprint density at radius 3 is 2.41 bits per heavy atom. The summed E-state index contributed by atoms with van der Waals surface area (Å²) in [4.78, 5) is 15.4. The molecular formula is C28H34N2O2. The number of nitrogens with zero attached hydrogens (tertiary/aromatic N) is 1. The quantitative estimate of drug-likeness (QED) is 0.492. The van der Waals surface area contributed by atoms with E-state index in [9.17, 15) is 4.79 Å². The Kier molecular flexibility index (Phi) is 6.99. The lowest BCUT2D eigenvalue weighted by molar-refractivity contribution is -0.128. The zero-order chi connectivity index (χ0) is 22.5.